The van der Waals surface area contributed by atoms with E-state index in [1.54, 1.807) is 12.1 Å². The van der Waals surface area contributed by atoms with E-state index >= 15 is 0 Å². The van der Waals surface area contributed by atoms with Crippen LogP contribution in [0.15, 0.2) is 42.5 Å². The van der Waals surface area contributed by atoms with E-state index in [1.165, 1.54) is 12.1 Å². The standard InChI is InChI=1S/C21H20F6O2/c1-12(2)8-13(3)14-4-6-15(7-5-14)19(28)29-18-10-16(20(22,23)24)9-17(11-18)21(25,26)27/h4-7,9-13H,8H2,1-3H3. The summed E-state index contributed by atoms with van der Waals surface area (Å²) in [6.07, 6.45) is -9.11. The molecule has 0 aliphatic heterocycles. The van der Waals surface area contributed by atoms with Gasteiger partial charge in [0.1, 0.15) is 5.75 Å². The van der Waals surface area contributed by atoms with E-state index in [1.807, 2.05) is 6.92 Å². The number of benzene rings is 2. The van der Waals surface area contributed by atoms with Crippen molar-refractivity contribution in [2.75, 3.05) is 0 Å². The number of hydrogen-bond donors (Lipinski definition) is 0. The first-order valence-electron chi connectivity index (χ1n) is 8.89. The molecule has 0 N–H and O–H groups in total. The fourth-order valence-electron chi connectivity index (χ4n) is 2.94. The highest BCUT2D eigenvalue weighted by Gasteiger charge is 2.37. The first-order chi connectivity index (χ1) is 13.3. The van der Waals surface area contributed by atoms with Crippen LogP contribution in [-0.2, 0) is 12.4 Å². The van der Waals surface area contributed by atoms with Gasteiger partial charge in [0, 0.05) is 0 Å². The Balaban J connectivity index is 2.26. The maximum Gasteiger partial charge on any atom is 0.416 e. The van der Waals surface area contributed by atoms with Crippen molar-refractivity contribution in [1.29, 1.82) is 0 Å². The van der Waals surface area contributed by atoms with E-state index in [0.717, 1.165) is 12.0 Å². The number of rotatable bonds is 5. The maximum atomic E-state index is 12.9. The fraction of sp³-hybridized carbons (Fsp3) is 0.381. The van der Waals surface area contributed by atoms with Crippen molar-refractivity contribution in [3.8, 4) is 5.75 Å². The molecule has 0 saturated carbocycles. The quantitative estimate of drug-likeness (QED) is 0.294. The van der Waals surface area contributed by atoms with Gasteiger partial charge >= 0.3 is 18.3 Å². The van der Waals surface area contributed by atoms with Gasteiger partial charge in [-0.2, -0.15) is 26.3 Å². The van der Waals surface area contributed by atoms with E-state index in [-0.39, 0.29) is 17.5 Å². The van der Waals surface area contributed by atoms with Crippen LogP contribution in [0, 0.1) is 5.92 Å². The summed E-state index contributed by atoms with van der Waals surface area (Å²) in [6.45, 7) is 6.17. The van der Waals surface area contributed by atoms with Crippen LogP contribution in [-0.4, -0.2) is 5.97 Å². The second kappa shape index (κ2) is 8.47. The molecule has 2 aromatic rings. The Morgan fingerprint density at radius 3 is 1.76 bits per heavy atom. The van der Waals surface area contributed by atoms with E-state index in [0.29, 0.717) is 18.1 Å². The Morgan fingerprint density at radius 1 is 0.862 bits per heavy atom. The summed E-state index contributed by atoms with van der Waals surface area (Å²) in [7, 11) is 0. The molecule has 0 amide bonds. The number of alkyl halides is 6. The second-order valence-corrected chi connectivity index (χ2v) is 7.28. The molecule has 0 aliphatic rings. The Kier molecular flexibility index (Phi) is 6.65. The average Bonchev–Trinajstić information content (AvgIpc) is 2.59. The monoisotopic (exact) mass is 418 g/mol. The van der Waals surface area contributed by atoms with Gasteiger partial charge in [0.05, 0.1) is 16.7 Å². The first kappa shape index (κ1) is 22.8. The van der Waals surface area contributed by atoms with Gasteiger partial charge < -0.3 is 4.74 Å². The van der Waals surface area contributed by atoms with Gasteiger partial charge in [0.2, 0.25) is 0 Å². The average molecular weight is 418 g/mol. The predicted molar refractivity (Wildman–Crippen MR) is 95.7 cm³/mol. The minimum absolute atomic E-state index is 0.0245. The van der Waals surface area contributed by atoms with Crippen LogP contribution in [0.4, 0.5) is 26.3 Å². The molecule has 1 unspecified atom stereocenters. The van der Waals surface area contributed by atoms with Crippen LogP contribution in [0.3, 0.4) is 0 Å². The lowest BCUT2D eigenvalue weighted by atomic mass is 9.91. The molecular weight excluding hydrogens is 398 g/mol. The minimum atomic E-state index is -5.02. The third kappa shape index (κ3) is 6.24. The summed E-state index contributed by atoms with van der Waals surface area (Å²) in [6, 6.07) is 6.97. The molecule has 0 saturated heterocycles. The highest BCUT2D eigenvalue weighted by atomic mass is 19.4. The summed E-state index contributed by atoms with van der Waals surface area (Å²) >= 11 is 0. The van der Waals surface area contributed by atoms with Gasteiger partial charge in [0.15, 0.2) is 0 Å². The normalized spacial score (nSPS) is 13.4. The van der Waals surface area contributed by atoms with Gasteiger partial charge in [-0.05, 0) is 54.2 Å². The third-order valence-corrected chi connectivity index (χ3v) is 4.31. The predicted octanol–water partition coefficient (Wildman–Crippen LogP) is 7.09. The summed E-state index contributed by atoms with van der Waals surface area (Å²) < 4.78 is 82.2. The SMILES string of the molecule is CC(C)CC(C)c1ccc(C(=O)Oc2cc(C(F)(F)F)cc(C(F)(F)F)c2)cc1. The lowest BCUT2D eigenvalue weighted by molar-refractivity contribution is -0.143. The summed E-state index contributed by atoms with van der Waals surface area (Å²) in [4.78, 5) is 12.2. The molecule has 0 spiro atoms. The van der Waals surface area contributed by atoms with Gasteiger partial charge in [-0.3, -0.25) is 0 Å². The van der Waals surface area contributed by atoms with Gasteiger partial charge in [0.25, 0.3) is 0 Å². The molecular formula is C21H20F6O2. The number of ether oxygens (including phenoxy) is 1. The third-order valence-electron chi connectivity index (χ3n) is 4.31. The highest BCUT2D eigenvalue weighted by Crippen LogP contribution is 2.38. The van der Waals surface area contributed by atoms with Crippen LogP contribution in [0.25, 0.3) is 0 Å². The Bertz CT molecular complexity index is 819. The molecule has 0 radical (unpaired) electrons. The summed E-state index contributed by atoms with van der Waals surface area (Å²) in [5.74, 6) is -1.16. The van der Waals surface area contributed by atoms with Crippen LogP contribution >= 0.6 is 0 Å². The first-order valence-corrected chi connectivity index (χ1v) is 8.89. The molecule has 158 valence electrons. The molecule has 1 atom stereocenters. The zero-order valence-electron chi connectivity index (χ0n) is 16.0. The van der Waals surface area contributed by atoms with E-state index in [4.69, 9.17) is 4.74 Å². The van der Waals surface area contributed by atoms with Crippen molar-refractivity contribution in [1.82, 2.24) is 0 Å². The van der Waals surface area contributed by atoms with Gasteiger partial charge in [-0.1, -0.05) is 32.9 Å². The smallest absolute Gasteiger partial charge is 0.416 e. The molecule has 0 aromatic heterocycles. The largest absolute Gasteiger partial charge is 0.423 e. The maximum absolute atomic E-state index is 12.9. The van der Waals surface area contributed by atoms with Gasteiger partial charge in [-0.15, -0.1) is 0 Å². The van der Waals surface area contributed by atoms with Crippen molar-refractivity contribution in [3.63, 3.8) is 0 Å². The Morgan fingerprint density at radius 2 is 1.34 bits per heavy atom. The summed E-state index contributed by atoms with van der Waals surface area (Å²) in [5.41, 5.74) is -2.11. The molecule has 0 aliphatic carbocycles. The number of hydrogen-bond acceptors (Lipinski definition) is 2. The van der Waals surface area contributed by atoms with E-state index < -0.39 is 35.2 Å². The van der Waals surface area contributed by atoms with Crippen LogP contribution in [0.2, 0.25) is 0 Å². The molecule has 0 heterocycles. The van der Waals surface area contributed by atoms with Crippen LogP contribution < -0.4 is 4.74 Å². The number of carbonyl (C=O) groups is 1. The van der Waals surface area contributed by atoms with E-state index in [9.17, 15) is 31.1 Å². The molecule has 8 heteroatoms. The topological polar surface area (TPSA) is 26.3 Å². The molecule has 0 fully saturated rings. The van der Waals surface area contributed by atoms with Crippen molar-refractivity contribution < 1.29 is 35.9 Å². The molecule has 0 bridgehead atoms. The minimum Gasteiger partial charge on any atom is -0.423 e. The zero-order valence-corrected chi connectivity index (χ0v) is 16.0. The van der Waals surface area contributed by atoms with Crippen molar-refractivity contribution in [2.45, 2.75) is 45.5 Å². The van der Waals surface area contributed by atoms with Crippen molar-refractivity contribution in [3.05, 3.63) is 64.7 Å². The van der Waals surface area contributed by atoms with Crippen molar-refractivity contribution in [2.24, 2.45) is 5.92 Å². The fourth-order valence-corrected chi connectivity index (χ4v) is 2.94. The molecule has 29 heavy (non-hydrogen) atoms. The number of carbonyl (C=O) groups excluding carboxylic acids is 1. The zero-order chi connectivity index (χ0) is 22.0. The van der Waals surface area contributed by atoms with Crippen LogP contribution in [0.5, 0.6) is 5.75 Å². The molecule has 2 nitrogen and oxygen atoms in total. The van der Waals surface area contributed by atoms with Crippen molar-refractivity contribution >= 4 is 5.97 Å². The van der Waals surface area contributed by atoms with E-state index in [2.05, 4.69) is 13.8 Å². The van der Waals surface area contributed by atoms with Gasteiger partial charge in [-0.25, -0.2) is 4.79 Å². The summed E-state index contributed by atoms with van der Waals surface area (Å²) in [5, 5.41) is 0. The lowest BCUT2D eigenvalue weighted by Crippen LogP contribution is -2.14. The Labute approximate surface area is 164 Å². The highest BCUT2D eigenvalue weighted by molar-refractivity contribution is 5.91. The van der Waals surface area contributed by atoms with Crippen LogP contribution in [0.1, 0.15) is 60.2 Å². The number of halogens is 6. The second-order valence-electron chi connectivity index (χ2n) is 7.28. The molecule has 2 aromatic carbocycles. The number of esters is 1. The lowest BCUT2D eigenvalue weighted by Gasteiger charge is -2.15. The molecule has 2 rings (SSSR count). The Hall–Kier alpha value is -2.51.